The van der Waals surface area contributed by atoms with Crippen molar-refractivity contribution in [1.82, 2.24) is 0 Å². The molecule has 6 heteroatoms. The highest BCUT2D eigenvalue weighted by Gasteiger charge is 2.41. The Labute approximate surface area is 194 Å². The van der Waals surface area contributed by atoms with Gasteiger partial charge in [0, 0.05) is 5.56 Å². The van der Waals surface area contributed by atoms with Gasteiger partial charge in [-0.3, -0.25) is 0 Å². The van der Waals surface area contributed by atoms with Crippen LogP contribution in [0.3, 0.4) is 0 Å². The van der Waals surface area contributed by atoms with E-state index in [1.807, 2.05) is 31.2 Å². The fourth-order valence-electron chi connectivity index (χ4n) is 3.67. The maximum atomic E-state index is 14.9. The summed E-state index contributed by atoms with van der Waals surface area (Å²) in [6, 6.07) is 18.8. The quantitative estimate of drug-likeness (QED) is 0.258. The van der Waals surface area contributed by atoms with Gasteiger partial charge >= 0.3 is 6.11 Å². The van der Waals surface area contributed by atoms with Gasteiger partial charge in [-0.15, -0.1) is 0 Å². The van der Waals surface area contributed by atoms with Gasteiger partial charge in [-0.2, -0.15) is 8.78 Å². The first-order chi connectivity index (χ1) is 16.2. The molecule has 0 bridgehead atoms. The van der Waals surface area contributed by atoms with Gasteiger partial charge in [-0.05, 0) is 65.9 Å². The SMILES string of the molecule is CCc1ccc(-c2ccc(-c3cc(F)c(C(F)(F)Oc4ccc(C)cc4)c(F)c3)c(F)c2)cc1. The van der Waals surface area contributed by atoms with Gasteiger partial charge in [0.2, 0.25) is 0 Å². The molecule has 4 aromatic rings. The molecule has 34 heavy (non-hydrogen) atoms. The first-order valence-electron chi connectivity index (χ1n) is 10.7. The van der Waals surface area contributed by atoms with Crippen LogP contribution < -0.4 is 4.74 Å². The van der Waals surface area contributed by atoms with E-state index in [1.54, 1.807) is 13.0 Å². The van der Waals surface area contributed by atoms with Crippen LogP contribution in [0, 0.1) is 24.4 Å². The molecule has 0 atom stereocenters. The summed E-state index contributed by atoms with van der Waals surface area (Å²) in [7, 11) is 0. The number of alkyl halides is 2. The van der Waals surface area contributed by atoms with Crippen LogP contribution in [0.4, 0.5) is 22.0 Å². The normalized spacial score (nSPS) is 11.5. The lowest BCUT2D eigenvalue weighted by molar-refractivity contribution is -0.189. The second-order valence-corrected chi connectivity index (χ2v) is 7.99. The lowest BCUT2D eigenvalue weighted by Crippen LogP contribution is -2.25. The summed E-state index contributed by atoms with van der Waals surface area (Å²) < 4.78 is 78.0. The van der Waals surface area contributed by atoms with Crippen molar-refractivity contribution in [2.75, 3.05) is 0 Å². The standard InChI is InChI=1S/C28H21F5O/c1-3-18-6-8-19(9-7-18)20-10-13-23(24(29)14-20)21-15-25(30)27(26(31)16-21)28(32,33)34-22-11-4-17(2)5-12-22/h4-16H,3H2,1-2H3. The second kappa shape index (κ2) is 9.29. The summed E-state index contributed by atoms with van der Waals surface area (Å²) in [4.78, 5) is 0. The van der Waals surface area contributed by atoms with Crippen molar-refractivity contribution in [3.63, 3.8) is 0 Å². The molecule has 0 aliphatic heterocycles. The number of hydrogen-bond donors (Lipinski definition) is 0. The maximum Gasteiger partial charge on any atom is 0.432 e. The van der Waals surface area contributed by atoms with Gasteiger partial charge in [0.1, 0.15) is 28.8 Å². The number of ether oxygens (including phenoxy) is 1. The van der Waals surface area contributed by atoms with E-state index < -0.39 is 29.1 Å². The lowest BCUT2D eigenvalue weighted by Gasteiger charge is -2.20. The zero-order valence-electron chi connectivity index (χ0n) is 18.5. The Bertz CT molecular complexity index is 1290. The minimum Gasteiger partial charge on any atom is -0.429 e. The molecule has 0 aliphatic rings. The molecule has 0 N–H and O–H groups in total. The van der Waals surface area contributed by atoms with Crippen LogP contribution in [0.5, 0.6) is 5.75 Å². The summed E-state index contributed by atoms with van der Waals surface area (Å²) >= 11 is 0. The van der Waals surface area contributed by atoms with Crippen LogP contribution in [0.2, 0.25) is 0 Å². The molecule has 0 radical (unpaired) electrons. The van der Waals surface area contributed by atoms with Crippen LogP contribution in [0.15, 0.2) is 78.9 Å². The van der Waals surface area contributed by atoms with E-state index in [4.69, 9.17) is 0 Å². The van der Waals surface area contributed by atoms with Crippen molar-refractivity contribution < 1.29 is 26.7 Å². The summed E-state index contributed by atoms with van der Waals surface area (Å²) in [5, 5.41) is 0. The number of halogens is 5. The molecule has 1 nitrogen and oxygen atoms in total. The minimum atomic E-state index is -4.27. The smallest absolute Gasteiger partial charge is 0.429 e. The average Bonchev–Trinajstić information content (AvgIpc) is 2.79. The highest BCUT2D eigenvalue weighted by Crippen LogP contribution is 2.38. The third-order valence-corrected chi connectivity index (χ3v) is 5.58. The summed E-state index contributed by atoms with van der Waals surface area (Å²) in [5.74, 6) is -4.05. The molecule has 4 aromatic carbocycles. The number of benzene rings is 4. The van der Waals surface area contributed by atoms with Crippen LogP contribution in [0.25, 0.3) is 22.3 Å². The molecule has 0 amide bonds. The van der Waals surface area contributed by atoms with Crippen molar-refractivity contribution >= 4 is 0 Å². The molecule has 0 aliphatic carbocycles. The van der Waals surface area contributed by atoms with Crippen LogP contribution in [-0.4, -0.2) is 0 Å². The lowest BCUT2D eigenvalue weighted by atomic mass is 9.97. The van der Waals surface area contributed by atoms with Gasteiger partial charge in [0.05, 0.1) is 0 Å². The summed E-state index contributed by atoms with van der Waals surface area (Å²) in [6.07, 6.45) is -3.40. The Kier molecular flexibility index (Phi) is 6.42. The third kappa shape index (κ3) is 4.81. The number of rotatable bonds is 6. The molecular weight excluding hydrogens is 447 g/mol. The van der Waals surface area contributed by atoms with Gasteiger partial charge in [-0.1, -0.05) is 61.0 Å². The monoisotopic (exact) mass is 468 g/mol. The van der Waals surface area contributed by atoms with Crippen LogP contribution in [0.1, 0.15) is 23.6 Å². The Morgan fingerprint density at radius 3 is 1.79 bits per heavy atom. The van der Waals surface area contributed by atoms with Crippen molar-refractivity contribution in [3.05, 3.63) is 113 Å². The Morgan fingerprint density at radius 1 is 0.676 bits per heavy atom. The van der Waals surface area contributed by atoms with E-state index in [1.165, 1.54) is 36.4 Å². The highest BCUT2D eigenvalue weighted by atomic mass is 19.3. The van der Waals surface area contributed by atoms with Crippen LogP contribution in [-0.2, 0) is 12.5 Å². The van der Waals surface area contributed by atoms with Gasteiger partial charge < -0.3 is 4.74 Å². The zero-order chi connectivity index (χ0) is 24.5. The van der Waals surface area contributed by atoms with Crippen molar-refractivity contribution in [1.29, 1.82) is 0 Å². The van der Waals surface area contributed by atoms with Crippen molar-refractivity contribution in [3.8, 4) is 28.0 Å². The molecule has 174 valence electrons. The predicted molar refractivity (Wildman–Crippen MR) is 122 cm³/mol. The first kappa shape index (κ1) is 23.5. The minimum absolute atomic E-state index is 0.110. The van der Waals surface area contributed by atoms with Gasteiger partial charge in [0.25, 0.3) is 0 Å². The average molecular weight is 468 g/mol. The van der Waals surface area contributed by atoms with E-state index in [9.17, 15) is 22.0 Å². The molecule has 0 spiro atoms. The first-order valence-corrected chi connectivity index (χ1v) is 10.7. The number of hydrogen-bond acceptors (Lipinski definition) is 1. The predicted octanol–water partition coefficient (Wildman–Crippen LogP) is 8.44. The molecule has 0 saturated carbocycles. The fourth-order valence-corrected chi connectivity index (χ4v) is 3.67. The summed E-state index contributed by atoms with van der Waals surface area (Å²) in [6.45, 7) is 3.78. The molecule has 0 heterocycles. The second-order valence-electron chi connectivity index (χ2n) is 7.99. The Hall–Kier alpha value is -3.67. The topological polar surface area (TPSA) is 9.23 Å². The van der Waals surface area contributed by atoms with E-state index in [2.05, 4.69) is 4.74 Å². The van der Waals surface area contributed by atoms with Crippen LogP contribution >= 0.6 is 0 Å². The summed E-state index contributed by atoms with van der Waals surface area (Å²) in [5.41, 5.74) is 1.46. The fraction of sp³-hybridized carbons (Fsp3) is 0.143. The maximum absolute atomic E-state index is 14.9. The molecule has 0 unspecified atom stereocenters. The zero-order valence-corrected chi connectivity index (χ0v) is 18.5. The largest absolute Gasteiger partial charge is 0.432 e. The van der Waals surface area contributed by atoms with Crippen molar-refractivity contribution in [2.45, 2.75) is 26.4 Å². The Balaban J connectivity index is 1.65. The molecule has 0 fully saturated rings. The highest BCUT2D eigenvalue weighted by molar-refractivity contribution is 5.71. The molecular formula is C28H21F5O. The Morgan fingerprint density at radius 2 is 1.24 bits per heavy atom. The van der Waals surface area contributed by atoms with E-state index in [-0.39, 0.29) is 16.9 Å². The number of aryl methyl sites for hydroxylation is 2. The van der Waals surface area contributed by atoms with Gasteiger partial charge in [0.15, 0.2) is 0 Å². The molecule has 0 saturated heterocycles. The third-order valence-electron chi connectivity index (χ3n) is 5.58. The molecule has 4 rings (SSSR count). The van der Waals surface area contributed by atoms with Crippen molar-refractivity contribution in [2.24, 2.45) is 0 Å². The van der Waals surface area contributed by atoms with E-state index in [0.717, 1.165) is 23.1 Å². The molecule has 0 aromatic heterocycles. The van der Waals surface area contributed by atoms with Gasteiger partial charge in [-0.25, -0.2) is 13.2 Å². The van der Waals surface area contributed by atoms with E-state index in [0.29, 0.717) is 17.7 Å². The van der Waals surface area contributed by atoms with E-state index >= 15 is 0 Å².